The maximum atomic E-state index is 8.66. The molecule has 0 aliphatic heterocycles. The molecule has 1 aromatic rings. The van der Waals surface area contributed by atoms with Crippen LogP contribution < -0.4 is 4.90 Å². The Hall–Kier alpha value is -1.23. The van der Waals surface area contributed by atoms with Crippen molar-refractivity contribution >= 4 is 33.2 Å². The Labute approximate surface area is 108 Å². The molecule has 0 N–H and O–H groups in total. The smallest absolute Gasteiger partial charge is 0.107 e. The highest BCUT2D eigenvalue weighted by Gasteiger charge is 2.09. The van der Waals surface area contributed by atoms with Crippen molar-refractivity contribution in [3.63, 3.8) is 0 Å². The van der Waals surface area contributed by atoms with E-state index >= 15 is 0 Å². The number of nitrogens with zero attached hydrogens (tertiary/aromatic N) is 3. The number of nitriles is 2. The SMILES string of the molecule is N#CCN(CC#N)c1ccc(CBr)cc1Cl. The third-order valence-corrected chi connectivity index (χ3v) is 2.98. The molecule has 3 nitrogen and oxygen atoms in total. The Kier molecular flexibility index (Phi) is 5.11. The molecular weight excluding hydrogens is 289 g/mol. The first-order valence-corrected chi connectivity index (χ1v) is 6.06. The van der Waals surface area contributed by atoms with Crippen LogP contribution in [0, 0.1) is 22.7 Å². The number of hydrogen-bond acceptors (Lipinski definition) is 3. The highest BCUT2D eigenvalue weighted by molar-refractivity contribution is 9.08. The van der Waals surface area contributed by atoms with Crippen molar-refractivity contribution in [2.24, 2.45) is 0 Å². The molecule has 1 rings (SSSR count). The molecule has 0 heterocycles. The third-order valence-electron chi connectivity index (χ3n) is 2.03. The molecule has 1 aromatic carbocycles. The van der Waals surface area contributed by atoms with Gasteiger partial charge in [-0.15, -0.1) is 0 Å². The van der Waals surface area contributed by atoms with Crippen LogP contribution in [-0.2, 0) is 5.33 Å². The second-order valence-electron chi connectivity index (χ2n) is 3.09. The van der Waals surface area contributed by atoms with E-state index in [9.17, 15) is 0 Å². The van der Waals surface area contributed by atoms with Gasteiger partial charge < -0.3 is 4.90 Å². The molecule has 0 unspecified atom stereocenters. The summed E-state index contributed by atoms with van der Waals surface area (Å²) in [5.74, 6) is 0. The van der Waals surface area contributed by atoms with Gasteiger partial charge in [-0.2, -0.15) is 10.5 Å². The molecule has 0 aliphatic rings. The van der Waals surface area contributed by atoms with Gasteiger partial charge in [-0.25, -0.2) is 0 Å². The normalized spacial score (nSPS) is 9.25. The molecule has 0 saturated heterocycles. The maximum absolute atomic E-state index is 8.66. The van der Waals surface area contributed by atoms with Crippen molar-refractivity contribution in [3.8, 4) is 12.1 Å². The van der Waals surface area contributed by atoms with Gasteiger partial charge in [0.05, 0.1) is 22.8 Å². The number of alkyl halides is 1. The van der Waals surface area contributed by atoms with Crippen molar-refractivity contribution in [1.82, 2.24) is 0 Å². The van der Waals surface area contributed by atoms with Crippen molar-refractivity contribution in [2.75, 3.05) is 18.0 Å². The first-order valence-electron chi connectivity index (χ1n) is 4.56. The maximum Gasteiger partial charge on any atom is 0.107 e. The van der Waals surface area contributed by atoms with Gasteiger partial charge in [0.2, 0.25) is 0 Å². The van der Waals surface area contributed by atoms with Gasteiger partial charge in [-0.3, -0.25) is 0 Å². The minimum atomic E-state index is 0.154. The van der Waals surface area contributed by atoms with Crippen LogP contribution in [0.2, 0.25) is 5.02 Å². The third kappa shape index (κ3) is 3.13. The first kappa shape index (κ1) is 12.8. The fraction of sp³-hybridized carbons (Fsp3) is 0.273. The Balaban J connectivity index is 3.02. The van der Waals surface area contributed by atoms with E-state index in [1.165, 1.54) is 0 Å². The molecule has 0 fully saturated rings. The predicted molar refractivity (Wildman–Crippen MR) is 67.5 cm³/mol. The Bertz CT molecular complexity index is 432. The fourth-order valence-electron chi connectivity index (χ4n) is 1.29. The van der Waals surface area contributed by atoms with Crippen LogP contribution in [0.15, 0.2) is 18.2 Å². The molecule has 0 spiro atoms. The summed E-state index contributed by atoms with van der Waals surface area (Å²) in [6.07, 6.45) is 0. The van der Waals surface area contributed by atoms with Gasteiger partial charge >= 0.3 is 0 Å². The molecule has 0 atom stereocenters. The lowest BCUT2D eigenvalue weighted by atomic mass is 10.2. The lowest BCUT2D eigenvalue weighted by Gasteiger charge is -2.19. The lowest BCUT2D eigenvalue weighted by molar-refractivity contribution is 0.966. The second-order valence-corrected chi connectivity index (χ2v) is 4.06. The summed E-state index contributed by atoms with van der Waals surface area (Å²) < 4.78 is 0. The van der Waals surface area contributed by atoms with Crippen LogP contribution in [0.5, 0.6) is 0 Å². The summed E-state index contributed by atoms with van der Waals surface area (Å²) in [4.78, 5) is 1.64. The average Bonchev–Trinajstić information content (AvgIpc) is 2.29. The zero-order valence-electron chi connectivity index (χ0n) is 8.45. The van der Waals surface area contributed by atoms with E-state index in [0.29, 0.717) is 5.02 Å². The predicted octanol–water partition coefficient (Wildman–Crippen LogP) is 3.09. The van der Waals surface area contributed by atoms with Gasteiger partial charge in [-0.05, 0) is 17.7 Å². The Morgan fingerprint density at radius 2 is 1.88 bits per heavy atom. The molecule has 0 aromatic heterocycles. The van der Waals surface area contributed by atoms with E-state index in [4.69, 9.17) is 22.1 Å². The molecule has 0 saturated carbocycles. The monoisotopic (exact) mass is 297 g/mol. The number of benzene rings is 1. The van der Waals surface area contributed by atoms with Crippen LogP contribution >= 0.6 is 27.5 Å². The highest BCUT2D eigenvalue weighted by atomic mass is 79.9. The number of halogens is 2. The summed E-state index contributed by atoms with van der Waals surface area (Å²) in [5.41, 5.74) is 1.78. The van der Waals surface area contributed by atoms with Gasteiger partial charge in [0, 0.05) is 5.33 Å². The van der Waals surface area contributed by atoms with Crippen LogP contribution in [0.25, 0.3) is 0 Å². The summed E-state index contributed by atoms with van der Waals surface area (Å²) in [7, 11) is 0. The first-order chi connectivity index (χ1) is 7.72. The molecule has 82 valence electrons. The van der Waals surface area contributed by atoms with E-state index in [1.54, 1.807) is 4.90 Å². The van der Waals surface area contributed by atoms with Crippen LogP contribution in [-0.4, -0.2) is 13.1 Å². The fourth-order valence-corrected chi connectivity index (χ4v) is 1.96. The Morgan fingerprint density at radius 1 is 1.25 bits per heavy atom. The molecule has 0 radical (unpaired) electrons. The molecular formula is C11H9BrClN3. The van der Waals surface area contributed by atoms with Crippen molar-refractivity contribution in [3.05, 3.63) is 28.8 Å². The van der Waals surface area contributed by atoms with Crippen molar-refractivity contribution in [1.29, 1.82) is 10.5 Å². The minimum Gasteiger partial charge on any atom is -0.344 e. The van der Waals surface area contributed by atoms with Crippen LogP contribution in [0.1, 0.15) is 5.56 Å². The van der Waals surface area contributed by atoms with E-state index in [0.717, 1.165) is 16.6 Å². The van der Waals surface area contributed by atoms with Crippen LogP contribution in [0.3, 0.4) is 0 Å². The molecule has 0 amide bonds. The summed E-state index contributed by atoms with van der Waals surface area (Å²) in [5, 5.41) is 18.6. The topological polar surface area (TPSA) is 50.8 Å². The summed E-state index contributed by atoms with van der Waals surface area (Å²) in [6, 6.07) is 9.60. The van der Waals surface area contributed by atoms with Gasteiger partial charge in [0.15, 0.2) is 0 Å². The van der Waals surface area contributed by atoms with Crippen molar-refractivity contribution < 1.29 is 0 Å². The summed E-state index contributed by atoms with van der Waals surface area (Å²) >= 11 is 9.43. The molecule has 0 aliphatic carbocycles. The van der Waals surface area contributed by atoms with Gasteiger partial charge in [-0.1, -0.05) is 33.6 Å². The van der Waals surface area contributed by atoms with E-state index in [1.807, 2.05) is 30.3 Å². The molecule has 16 heavy (non-hydrogen) atoms. The zero-order valence-corrected chi connectivity index (χ0v) is 10.8. The summed E-state index contributed by atoms with van der Waals surface area (Å²) in [6.45, 7) is 0.307. The highest BCUT2D eigenvalue weighted by Crippen LogP contribution is 2.27. The molecule has 5 heteroatoms. The van der Waals surface area contributed by atoms with E-state index in [-0.39, 0.29) is 13.1 Å². The lowest BCUT2D eigenvalue weighted by Crippen LogP contribution is -2.24. The van der Waals surface area contributed by atoms with Gasteiger partial charge in [0.25, 0.3) is 0 Å². The zero-order chi connectivity index (χ0) is 12.0. The van der Waals surface area contributed by atoms with Crippen molar-refractivity contribution in [2.45, 2.75) is 5.33 Å². The molecule has 0 bridgehead atoms. The van der Waals surface area contributed by atoms with Crippen LogP contribution in [0.4, 0.5) is 5.69 Å². The van der Waals surface area contributed by atoms with E-state index < -0.39 is 0 Å². The Morgan fingerprint density at radius 3 is 2.31 bits per heavy atom. The second kappa shape index (κ2) is 6.37. The van der Waals surface area contributed by atoms with Gasteiger partial charge in [0.1, 0.15) is 13.1 Å². The average molecular weight is 299 g/mol. The van der Waals surface area contributed by atoms with E-state index in [2.05, 4.69) is 15.9 Å². The largest absolute Gasteiger partial charge is 0.344 e. The number of anilines is 1. The minimum absolute atomic E-state index is 0.154. The number of hydrogen-bond donors (Lipinski definition) is 0. The number of rotatable bonds is 4. The quantitative estimate of drug-likeness (QED) is 0.634. The standard InChI is InChI=1S/C11H9BrClN3/c12-8-9-1-2-11(10(13)7-9)16(5-3-14)6-4-15/h1-2,7H,5-6,8H2.